The largest absolute Gasteiger partial charge is 0.507 e. The molecule has 5 rings (SSSR count). The number of aliphatic hydroxyl groups excluding tert-OH is 1. The van der Waals surface area contributed by atoms with E-state index in [-0.39, 0.29) is 11.3 Å². The summed E-state index contributed by atoms with van der Waals surface area (Å²) in [5, 5.41) is 11.8. The molecule has 7 nitrogen and oxygen atoms in total. The second kappa shape index (κ2) is 9.91. The second-order valence-electron chi connectivity index (χ2n) is 8.65. The van der Waals surface area contributed by atoms with Gasteiger partial charge in [0, 0.05) is 18.0 Å². The number of amides is 1. The molecule has 182 valence electrons. The number of carbonyl (C=O) groups excluding carboxylic acids is 2. The van der Waals surface area contributed by atoms with Crippen LogP contribution in [0.1, 0.15) is 42.5 Å². The molecule has 8 heteroatoms. The van der Waals surface area contributed by atoms with Gasteiger partial charge in [0.1, 0.15) is 11.5 Å². The van der Waals surface area contributed by atoms with Crippen molar-refractivity contribution >= 4 is 44.1 Å². The molecule has 1 N–H and O–H groups in total. The van der Waals surface area contributed by atoms with Gasteiger partial charge in [-0.2, -0.15) is 0 Å². The van der Waals surface area contributed by atoms with Crippen molar-refractivity contribution in [3.63, 3.8) is 0 Å². The number of anilines is 1. The standard InChI is InChI=1S/C28H25N3O4S/c1-3-4-14-35-20-7-5-6-19(16-20)25(32)23-24(18-10-12-29-13-11-18)31(27(34)26(23)33)28-30-21-9-8-17(2)15-22(21)36-28/h5-13,15-16,24,32H,3-4,14H2,1-2H3/b25-23+. The van der Waals surface area contributed by atoms with Crippen molar-refractivity contribution in [2.24, 2.45) is 0 Å². The van der Waals surface area contributed by atoms with Gasteiger partial charge in [-0.25, -0.2) is 4.98 Å². The van der Waals surface area contributed by atoms with Crippen molar-refractivity contribution in [3.05, 3.63) is 89.3 Å². The summed E-state index contributed by atoms with van der Waals surface area (Å²) in [5.41, 5.74) is 2.88. The summed E-state index contributed by atoms with van der Waals surface area (Å²) in [6.07, 6.45) is 5.10. The molecule has 0 radical (unpaired) electrons. The van der Waals surface area contributed by atoms with Crippen LogP contribution in [0.15, 0.2) is 72.6 Å². The highest BCUT2D eigenvalue weighted by Gasteiger charge is 2.48. The Bertz CT molecular complexity index is 1480. The molecule has 4 aromatic rings. The van der Waals surface area contributed by atoms with Crippen LogP contribution in [0.2, 0.25) is 0 Å². The van der Waals surface area contributed by atoms with Crippen molar-refractivity contribution in [1.29, 1.82) is 0 Å². The molecule has 0 spiro atoms. The number of carbonyl (C=O) groups is 2. The zero-order chi connectivity index (χ0) is 25.2. The molecule has 2 aromatic carbocycles. The topological polar surface area (TPSA) is 92.6 Å². The van der Waals surface area contributed by atoms with E-state index in [9.17, 15) is 14.7 Å². The molecular formula is C28H25N3O4S. The first-order valence-corrected chi connectivity index (χ1v) is 12.6. The molecule has 36 heavy (non-hydrogen) atoms. The molecule has 1 fully saturated rings. The Hall–Kier alpha value is -4.04. The highest BCUT2D eigenvalue weighted by atomic mass is 32.1. The van der Waals surface area contributed by atoms with Crippen LogP contribution < -0.4 is 9.64 Å². The number of hydrogen-bond acceptors (Lipinski definition) is 7. The summed E-state index contributed by atoms with van der Waals surface area (Å²) < 4.78 is 6.69. The van der Waals surface area contributed by atoms with Crippen LogP contribution in [0, 0.1) is 6.92 Å². The Morgan fingerprint density at radius 2 is 1.92 bits per heavy atom. The number of ketones is 1. The number of Topliss-reactive ketones (excluding diaryl/α,β-unsaturated/α-hetero) is 1. The van der Waals surface area contributed by atoms with Crippen LogP contribution in [0.3, 0.4) is 0 Å². The maximum absolute atomic E-state index is 13.4. The number of rotatable bonds is 7. The van der Waals surface area contributed by atoms with Gasteiger partial charge in [-0.15, -0.1) is 0 Å². The zero-order valence-corrected chi connectivity index (χ0v) is 20.8. The van der Waals surface area contributed by atoms with E-state index in [0.29, 0.717) is 28.6 Å². The van der Waals surface area contributed by atoms with E-state index in [1.54, 1.807) is 48.8 Å². The number of pyridine rings is 1. The summed E-state index contributed by atoms with van der Waals surface area (Å²) in [7, 11) is 0. The van der Waals surface area contributed by atoms with Crippen LogP contribution in [0.25, 0.3) is 16.0 Å². The molecule has 0 bridgehead atoms. The maximum Gasteiger partial charge on any atom is 0.301 e. The van der Waals surface area contributed by atoms with Gasteiger partial charge in [0.2, 0.25) is 0 Å². The minimum absolute atomic E-state index is 0.00680. The van der Waals surface area contributed by atoms with Crippen molar-refractivity contribution in [3.8, 4) is 5.75 Å². The third kappa shape index (κ3) is 4.35. The smallest absolute Gasteiger partial charge is 0.301 e. The third-order valence-electron chi connectivity index (χ3n) is 6.08. The van der Waals surface area contributed by atoms with Gasteiger partial charge >= 0.3 is 5.91 Å². The van der Waals surface area contributed by atoms with Gasteiger partial charge in [0.15, 0.2) is 5.13 Å². The van der Waals surface area contributed by atoms with E-state index in [4.69, 9.17) is 4.74 Å². The number of nitrogens with zero attached hydrogens (tertiary/aromatic N) is 3. The molecule has 1 unspecified atom stereocenters. The van der Waals surface area contributed by atoms with E-state index in [0.717, 1.165) is 28.6 Å². The predicted octanol–water partition coefficient (Wildman–Crippen LogP) is 5.80. The molecule has 3 heterocycles. The van der Waals surface area contributed by atoms with Gasteiger partial charge in [-0.1, -0.05) is 42.9 Å². The van der Waals surface area contributed by atoms with Crippen LogP contribution in [-0.4, -0.2) is 33.4 Å². The number of aliphatic hydroxyl groups is 1. The Labute approximate surface area is 212 Å². The Morgan fingerprint density at radius 3 is 2.69 bits per heavy atom. The SMILES string of the molecule is CCCCOc1cccc(/C(O)=C2\C(=O)C(=O)N(c3nc4ccc(C)cc4s3)C2c2ccncc2)c1. The quantitative estimate of drug-likeness (QED) is 0.149. The average Bonchev–Trinajstić information content (AvgIpc) is 3.42. The van der Waals surface area contributed by atoms with Crippen molar-refractivity contribution in [2.75, 3.05) is 11.5 Å². The number of aromatic nitrogens is 2. The fraction of sp³-hybridized carbons (Fsp3) is 0.214. The summed E-state index contributed by atoms with van der Waals surface area (Å²) in [6, 6.07) is 15.4. The van der Waals surface area contributed by atoms with Crippen LogP contribution >= 0.6 is 11.3 Å². The molecule has 1 aliphatic rings. The molecule has 0 saturated carbocycles. The molecule has 1 saturated heterocycles. The lowest BCUT2D eigenvalue weighted by Gasteiger charge is -2.22. The predicted molar refractivity (Wildman–Crippen MR) is 140 cm³/mol. The lowest BCUT2D eigenvalue weighted by molar-refractivity contribution is -0.132. The van der Waals surface area contributed by atoms with Crippen molar-refractivity contribution < 1.29 is 19.4 Å². The number of hydrogen-bond donors (Lipinski definition) is 1. The summed E-state index contributed by atoms with van der Waals surface area (Å²) in [4.78, 5) is 36.9. The number of thiazole rings is 1. The minimum atomic E-state index is -0.848. The van der Waals surface area contributed by atoms with Gasteiger partial charge in [-0.3, -0.25) is 19.5 Å². The van der Waals surface area contributed by atoms with Gasteiger partial charge in [0.25, 0.3) is 5.78 Å². The fourth-order valence-corrected chi connectivity index (χ4v) is 5.33. The highest BCUT2D eigenvalue weighted by molar-refractivity contribution is 7.22. The van der Waals surface area contributed by atoms with Crippen LogP contribution in [0.5, 0.6) is 5.75 Å². The first-order chi connectivity index (χ1) is 17.5. The number of benzene rings is 2. The normalized spacial score (nSPS) is 17.2. The fourth-order valence-electron chi connectivity index (χ4n) is 4.24. The van der Waals surface area contributed by atoms with E-state index in [1.807, 2.05) is 25.1 Å². The highest BCUT2D eigenvalue weighted by Crippen LogP contribution is 2.44. The summed E-state index contributed by atoms with van der Waals surface area (Å²) in [6.45, 7) is 4.62. The van der Waals surface area contributed by atoms with Crippen molar-refractivity contribution in [1.82, 2.24) is 9.97 Å². The first-order valence-electron chi connectivity index (χ1n) is 11.8. The van der Waals surface area contributed by atoms with E-state index >= 15 is 0 Å². The molecular weight excluding hydrogens is 474 g/mol. The van der Waals surface area contributed by atoms with Gasteiger partial charge in [-0.05, 0) is 60.9 Å². The molecule has 1 atom stereocenters. The van der Waals surface area contributed by atoms with Gasteiger partial charge in [0.05, 0.1) is 28.4 Å². The Balaban J connectivity index is 1.63. The number of ether oxygens (including phenoxy) is 1. The van der Waals surface area contributed by atoms with E-state index < -0.39 is 17.7 Å². The summed E-state index contributed by atoms with van der Waals surface area (Å²) >= 11 is 1.34. The average molecular weight is 500 g/mol. The second-order valence-corrected chi connectivity index (χ2v) is 9.66. The van der Waals surface area contributed by atoms with Gasteiger partial charge < -0.3 is 9.84 Å². The lowest BCUT2D eigenvalue weighted by Crippen LogP contribution is -2.29. The Kier molecular flexibility index (Phi) is 6.52. The number of fused-ring (bicyclic) bond motifs is 1. The lowest BCUT2D eigenvalue weighted by atomic mass is 9.96. The molecule has 2 aromatic heterocycles. The molecule has 1 amide bonds. The van der Waals surface area contributed by atoms with E-state index in [1.165, 1.54) is 16.2 Å². The first kappa shape index (κ1) is 23.7. The van der Waals surface area contributed by atoms with Crippen LogP contribution in [-0.2, 0) is 9.59 Å². The number of aryl methyl sites for hydroxylation is 1. The molecule has 1 aliphatic heterocycles. The number of unbranched alkanes of at least 4 members (excludes halogenated alkanes) is 1. The van der Waals surface area contributed by atoms with Crippen LogP contribution in [0.4, 0.5) is 5.13 Å². The van der Waals surface area contributed by atoms with Crippen molar-refractivity contribution in [2.45, 2.75) is 32.7 Å². The monoisotopic (exact) mass is 499 g/mol. The minimum Gasteiger partial charge on any atom is -0.507 e. The molecule has 0 aliphatic carbocycles. The third-order valence-corrected chi connectivity index (χ3v) is 7.10. The summed E-state index contributed by atoms with van der Waals surface area (Å²) in [5.74, 6) is -1.16. The maximum atomic E-state index is 13.4. The Morgan fingerprint density at radius 1 is 1.11 bits per heavy atom. The zero-order valence-electron chi connectivity index (χ0n) is 20.0. The van der Waals surface area contributed by atoms with E-state index in [2.05, 4.69) is 16.9 Å².